The standard InChI is InChI=1S/C37H42F2N4O3/c1-25(44)32(33(40)26-12-4-3-5-13-26)34(45)42-27-18-22-43(23-19-27)21-11-10-20-37(35(46)41-24-36(2,38)39)30-16-8-6-14-28(30)29-15-7-9-17-31(29)37/h3-9,12-17,27,40,44H,10-11,18-24H2,1-2H3,(H,41,46)(H,42,45)/b32-25+,40-33?. The minimum atomic E-state index is -3.02. The second-order valence-electron chi connectivity index (χ2n) is 12.5. The van der Waals surface area contributed by atoms with Crippen LogP contribution in [0.1, 0.15) is 62.6 Å². The average Bonchev–Trinajstić information content (AvgIpc) is 3.33. The lowest BCUT2D eigenvalue weighted by Crippen LogP contribution is -2.47. The number of unbranched alkanes of at least 4 members (excludes halogenated alkanes) is 1. The molecule has 0 atom stereocenters. The highest BCUT2D eigenvalue weighted by Gasteiger charge is 2.48. The average molecular weight is 629 g/mol. The lowest BCUT2D eigenvalue weighted by Gasteiger charge is -2.34. The van der Waals surface area contributed by atoms with E-state index in [9.17, 15) is 23.5 Å². The van der Waals surface area contributed by atoms with E-state index in [4.69, 9.17) is 5.41 Å². The van der Waals surface area contributed by atoms with Gasteiger partial charge in [-0.2, -0.15) is 0 Å². The third-order valence-electron chi connectivity index (χ3n) is 9.11. The van der Waals surface area contributed by atoms with Gasteiger partial charge < -0.3 is 20.6 Å². The summed E-state index contributed by atoms with van der Waals surface area (Å²) in [5.74, 6) is -4.05. The number of aliphatic hydroxyl groups is 1. The number of likely N-dealkylation sites (tertiary alicyclic amines) is 1. The number of alkyl halides is 2. The fourth-order valence-corrected chi connectivity index (χ4v) is 6.83. The Morgan fingerprint density at radius 3 is 2.07 bits per heavy atom. The molecule has 1 aliphatic carbocycles. The Bertz CT molecular complexity index is 1560. The van der Waals surface area contributed by atoms with E-state index in [2.05, 4.69) is 15.5 Å². The van der Waals surface area contributed by atoms with Crippen molar-refractivity contribution in [1.82, 2.24) is 15.5 Å². The van der Waals surface area contributed by atoms with Crippen LogP contribution in [0.3, 0.4) is 0 Å². The van der Waals surface area contributed by atoms with Gasteiger partial charge in [0.2, 0.25) is 5.91 Å². The van der Waals surface area contributed by atoms with Gasteiger partial charge in [-0.15, -0.1) is 0 Å². The zero-order valence-electron chi connectivity index (χ0n) is 26.4. The van der Waals surface area contributed by atoms with Crippen LogP contribution >= 0.6 is 0 Å². The van der Waals surface area contributed by atoms with Crippen molar-refractivity contribution in [3.05, 3.63) is 107 Å². The Morgan fingerprint density at radius 2 is 1.50 bits per heavy atom. The molecule has 3 aromatic rings. The lowest BCUT2D eigenvalue weighted by atomic mass is 9.73. The lowest BCUT2D eigenvalue weighted by molar-refractivity contribution is -0.127. The summed E-state index contributed by atoms with van der Waals surface area (Å²) in [5, 5.41) is 24.3. The molecule has 46 heavy (non-hydrogen) atoms. The van der Waals surface area contributed by atoms with Crippen LogP contribution in [-0.2, 0) is 15.0 Å². The van der Waals surface area contributed by atoms with E-state index in [1.54, 1.807) is 24.3 Å². The smallest absolute Gasteiger partial charge is 0.262 e. The molecule has 5 rings (SSSR count). The first-order valence-corrected chi connectivity index (χ1v) is 15.9. The number of hydrogen-bond acceptors (Lipinski definition) is 5. The largest absolute Gasteiger partial charge is 0.512 e. The highest BCUT2D eigenvalue weighted by Crippen LogP contribution is 2.51. The number of allylic oxidation sites excluding steroid dienone is 1. The maximum Gasteiger partial charge on any atom is 0.262 e. The first-order valence-electron chi connectivity index (χ1n) is 15.9. The van der Waals surface area contributed by atoms with Crippen molar-refractivity contribution in [2.24, 2.45) is 0 Å². The molecule has 4 N–H and O–H groups in total. The molecule has 7 nitrogen and oxygen atoms in total. The summed E-state index contributed by atoms with van der Waals surface area (Å²) in [4.78, 5) is 29.3. The Morgan fingerprint density at radius 1 is 0.935 bits per heavy atom. The predicted molar refractivity (Wildman–Crippen MR) is 176 cm³/mol. The number of nitrogens with one attached hydrogen (secondary N) is 3. The number of rotatable bonds is 12. The maximum atomic E-state index is 13.9. The van der Waals surface area contributed by atoms with Gasteiger partial charge in [-0.05, 0) is 61.4 Å². The van der Waals surface area contributed by atoms with Crippen molar-refractivity contribution < 1.29 is 23.5 Å². The highest BCUT2D eigenvalue weighted by molar-refractivity contribution is 6.27. The van der Waals surface area contributed by atoms with Crippen LogP contribution in [-0.4, -0.2) is 65.7 Å². The number of benzene rings is 3. The molecule has 9 heteroatoms. The summed E-state index contributed by atoms with van der Waals surface area (Å²) < 4.78 is 27.6. The number of carbonyl (C=O) groups is 2. The molecule has 3 aromatic carbocycles. The number of fused-ring (bicyclic) bond motifs is 3. The summed E-state index contributed by atoms with van der Waals surface area (Å²) in [5.41, 5.74) is 3.13. The third kappa shape index (κ3) is 7.04. The summed E-state index contributed by atoms with van der Waals surface area (Å²) >= 11 is 0. The summed E-state index contributed by atoms with van der Waals surface area (Å²) in [6.45, 7) is 3.89. The minimum Gasteiger partial charge on any atom is -0.512 e. The Hall–Kier alpha value is -4.37. The fraction of sp³-hybridized carbons (Fsp3) is 0.378. The molecule has 0 spiro atoms. The normalized spacial score (nSPS) is 16.6. The van der Waals surface area contributed by atoms with Crippen LogP contribution in [0.2, 0.25) is 0 Å². The molecule has 1 saturated heterocycles. The van der Waals surface area contributed by atoms with Crippen molar-refractivity contribution in [2.75, 3.05) is 26.2 Å². The maximum absolute atomic E-state index is 13.9. The number of halogens is 2. The predicted octanol–water partition coefficient (Wildman–Crippen LogP) is 6.38. The molecule has 1 aliphatic heterocycles. The van der Waals surface area contributed by atoms with Gasteiger partial charge >= 0.3 is 0 Å². The number of nitrogens with zero attached hydrogens (tertiary/aromatic N) is 1. The Labute approximate surface area is 269 Å². The number of amides is 2. The molecule has 0 saturated carbocycles. The molecular weight excluding hydrogens is 586 g/mol. The van der Waals surface area contributed by atoms with Crippen molar-refractivity contribution in [3.8, 4) is 11.1 Å². The number of piperidine rings is 1. The van der Waals surface area contributed by atoms with Gasteiger partial charge in [-0.1, -0.05) is 85.3 Å². The number of aliphatic hydroxyl groups excluding tert-OH is 1. The van der Waals surface area contributed by atoms with E-state index >= 15 is 0 Å². The monoisotopic (exact) mass is 628 g/mol. The molecular formula is C37H42F2N4O3. The molecule has 0 unspecified atom stereocenters. The van der Waals surface area contributed by atoms with Crippen molar-refractivity contribution in [2.45, 2.75) is 63.3 Å². The van der Waals surface area contributed by atoms with E-state index in [1.807, 2.05) is 54.6 Å². The van der Waals surface area contributed by atoms with Crippen LogP contribution in [0.25, 0.3) is 11.1 Å². The van der Waals surface area contributed by atoms with Gasteiger partial charge in [0, 0.05) is 31.6 Å². The quantitative estimate of drug-likeness (QED) is 0.0809. The van der Waals surface area contributed by atoms with Gasteiger partial charge in [-0.3, -0.25) is 15.0 Å². The van der Waals surface area contributed by atoms with Gasteiger partial charge in [0.15, 0.2) is 0 Å². The van der Waals surface area contributed by atoms with Gasteiger partial charge in [0.05, 0.1) is 12.3 Å². The van der Waals surface area contributed by atoms with E-state index < -0.39 is 29.7 Å². The van der Waals surface area contributed by atoms with Crippen molar-refractivity contribution >= 4 is 17.5 Å². The zero-order chi connectivity index (χ0) is 32.9. The Balaban J connectivity index is 1.18. The van der Waals surface area contributed by atoms with Crippen LogP contribution < -0.4 is 10.6 Å². The fourth-order valence-electron chi connectivity index (χ4n) is 6.83. The first kappa shape index (κ1) is 33.0. The molecule has 1 heterocycles. The molecule has 2 aliphatic rings. The van der Waals surface area contributed by atoms with E-state index in [0.29, 0.717) is 12.0 Å². The third-order valence-corrected chi connectivity index (χ3v) is 9.11. The first-order chi connectivity index (χ1) is 22.0. The molecule has 242 valence electrons. The van der Waals surface area contributed by atoms with Gasteiger partial charge in [0.1, 0.15) is 16.7 Å². The van der Waals surface area contributed by atoms with Crippen LogP contribution in [0.5, 0.6) is 0 Å². The SMILES string of the molecule is C/C(O)=C(/C(=N)c1ccccc1)C(=O)NC1CCN(CCCCC2(C(=O)NCC(C)(F)F)c3ccccc3-c3ccccc32)CC1. The van der Waals surface area contributed by atoms with E-state index in [-0.39, 0.29) is 23.1 Å². The topological polar surface area (TPSA) is 106 Å². The number of carbonyl (C=O) groups excluding carboxylic acids is 2. The summed E-state index contributed by atoms with van der Waals surface area (Å²) in [6.07, 6.45) is 3.52. The van der Waals surface area contributed by atoms with Gasteiger partial charge in [0.25, 0.3) is 11.8 Å². The van der Waals surface area contributed by atoms with Gasteiger partial charge in [-0.25, -0.2) is 8.78 Å². The molecule has 0 aromatic heterocycles. The zero-order valence-corrected chi connectivity index (χ0v) is 26.4. The molecule has 0 bridgehead atoms. The van der Waals surface area contributed by atoms with Crippen LogP contribution in [0.15, 0.2) is 90.2 Å². The number of hydrogen-bond donors (Lipinski definition) is 4. The molecule has 0 radical (unpaired) electrons. The minimum absolute atomic E-state index is 0.0158. The summed E-state index contributed by atoms with van der Waals surface area (Å²) in [7, 11) is 0. The van der Waals surface area contributed by atoms with Crippen molar-refractivity contribution in [1.29, 1.82) is 5.41 Å². The highest BCUT2D eigenvalue weighted by atomic mass is 19.3. The van der Waals surface area contributed by atoms with E-state index in [0.717, 1.165) is 74.5 Å². The summed E-state index contributed by atoms with van der Waals surface area (Å²) in [6, 6.07) is 24.3. The molecule has 2 amide bonds. The second kappa shape index (κ2) is 14.0. The Kier molecular flexibility index (Phi) is 10.0. The van der Waals surface area contributed by atoms with Crippen LogP contribution in [0.4, 0.5) is 8.78 Å². The van der Waals surface area contributed by atoms with Crippen LogP contribution in [0, 0.1) is 5.41 Å². The second-order valence-corrected chi connectivity index (χ2v) is 12.5. The molecule has 1 fully saturated rings. The van der Waals surface area contributed by atoms with E-state index in [1.165, 1.54) is 6.92 Å². The van der Waals surface area contributed by atoms with Crippen molar-refractivity contribution in [3.63, 3.8) is 0 Å².